The molecule has 2 aromatic carbocycles. The van der Waals surface area contributed by atoms with E-state index in [-0.39, 0.29) is 29.5 Å². The molecule has 1 saturated carbocycles. The second-order valence-corrected chi connectivity index (χ2v) is 10.6. The lowest BCUT2D eigenvalue weighted by Crippen LogP contribution is -2.23. The van der Waals surface area contributed by atoms with Gasteiger partial charge in [0.05, 0.1) is 35.1 Å². The number of hydrogen-bond donors (Lipinski definition) is 1. The summed E-state index contributed by atoms with van der Waals surface area (Å²) in [4.78, 5) is 22.5. The molecule has 0 atom stereocenters. The average Bonchev–Trinajstić information content (AvgIpc) is 3.79. The third kappa shape index (κ3) is 5.66. The summed E-state index contributed by atoms with van der Waals surface area (Å²) in [5, 5.41) is 4.61. The number of alkyl halides is 2. The number of ether oxygens (including phenoxy) is 2. The lowest BCUT2D eigenvalue weighted by Gasteiger charge is -2.12. The number of nitrogens with zero attached hydrogens (tertiary/aromatic N) is 2. The summed E-state index contributed by atoms with van der Waals surface area (Å²) in [6, 6.07) is 13.7. The van der Waals surface area contributed by atoms with Crippen LogP contribution in [0, 0.1) is 5.82 Å². The summed E-state index contributed by atoms with van der Waals surface area (Å²) < 4.78 is 50.4. The van der Waals surface area contributed by atoms with Crippen LogP contribution in [0.15, 0.2) is 59.6 Å². The van der Waals surface area contributed by atoms with Gasteiger partial charge in [-0.3, -0.25) is 9.78 Å². The number of benzene rings is 2. The first-order chi connectivity index (χ1) is 18.9. The number of nitrogens with one attached hydrogen (secondary N) is 1. The van der Waals surface area contributed by atoms with Gasteiger partial charge in [0.15, 0.2) is 11.6 Å². The molecule has 0 spiro atoms. The maximum Gasteiger partial charge on any atom is 0.387 e. The molecule has 3 heterocycles. The molecule has 1 aliphatic heterocycles. The highest BCUT2D eigenvalue weighted by Gasteiger charge is 2.30. The number of aromatic nitrogens is 2. The third-order valence-electron chi connectivity index (χ3n) is 6.63. The first kappa shape index (κ1) is 25.5. The predicted octanol–water partition coefficient (Wildman–Crippen LogP) is 6.72. The highest BCUT2D eigenvalue weighted by atomic mass is 32.2. The molecule has 6 nitrogen and oxygen atoms in total. The normalized spacial score (nSPS) is 15.0. The van der Waals surface area contributed by atoms with Crippen molar-refractivity contribution in [3.63, 3.8) is 0 Å². The van der Waals surface area contributed by atoms with Crippen molar-refractivity contribution in [2.24, 2.45) is 0 Å². The number of halogens is 3. The van der Waals surface area contributed by atoms with E-state index in [9.17, 15) is 18.0 Å². The lowest BCUT2D eigenvalue weighted by atomic mass is 10.0. The Hall–Kier alpha value is -3.79. The van der Waals surface area contributed by atoms with Gasteiger partial charge in [0.1, 0.15) is 5.75 Å². The van der Waals surface area contributed by atoms with Crippen LogP contribution in [0.5, 0.6) is 11.5 Å². The molecule has 0 saturated heterocycles. The van der Waals surface area contributed by atoms with Crippen LogP contribution in [-0.2, 0) is 6.54 Å². The molecule has 6 rings (SSSR count). The Morgan fingerprint density at radius 2 is 2.00 bits per heavy atom. The van der Waals surface area contributed by atoms with E-state index in [1.165, 1.54) is 17.8 Å². The predicted molar refractivity (Wildman–Crippen MR) is 142 cm³/mol. The Bertz CT molecular complexity index is 1560. The van der Waals surface area contributed by atoms with Gasteiger partial charge < -0.3 is 14.8 Å². The number of amides is 1. The molecule has 1 N–H and O–H groups in total. The zero-order chi connectivity index (χ0) is 26.9. The standard InChI is InChI=1S/C29H24F3N3O3S/c30-22-12-20(13-25-27(22)37-8-1-9-39-25)28(36)34-15-21-11-19-10-17(4-5-18(19)14-33-21)23-6-7-24(38-29(31)32)26(35-23)16-2-3-16/h4-7,10-14,16,29H,1-3,8-9,15H2,(H,34,36). The number of rotatable bonds is 7. The van der Waals surface area contributed by atoms with Gasteiger partial charge in [-0.15, -0.1) is 11.8 Å². The highest BCUT2D eigenvalue weighted by molar-refractivity contribution is 7.99. The van der Waals surface area contributed by atoms with Gasteiger partial charge in [-0.25, -0.2) is 9.37 Å². The van der Waals surface area contributed by atoms with Crippen LogP contribution in [0.4, 0.5) is 13.2 Å². The quantitative estimate of drug-likeness (QED) is 0.275. The van der Waals surface area contributed by atoms with E-state index in [1.54, 1.807) is 24.4 Å². The lowest BCUT2D eigenvalue weighted by molar-refractivity contribution is -0.0507. The Kier molecular flexibility index (Phi) is 7.03. The Balaban J connectivity index is 1.21. The van der Waals surface area contributed by atoms with Gasteiger partial charge in [0.25, 0.3) is 5.91 Å². The molecule has 1 aliphatic carbocycles. The molecule has 2 aromatic heterocycles. The van der Waals surface area contributed by atoms with E-state index in [4.69, 9.17) is 4.74 Å². The minimum atomic E-state index is -2.90. The van der Waals surface area contributed by atoms with Gasteiger partial charge in [-0.1, -0.05) is 12.1 Å². The molecule has 2 aliphatic rings. The zero-order valence-corrected chi connectivity index (χ0v) is 21.6. The molecular formula is C29H24F3N3O3S. The summed E-state index contributed by atoms with van der Waals surface area (Å²) in [6.07, 6.45) is 4.34. The van der Waals surface area contributed by atoms with Crippen molar-refractivity contribution in [3.05, 3.63) is 77.5 Å². The fourth-order valence-electron chi connectivity index (χ4n) is 4.55. The largest absolute Gasteiger partial charge is 0.489 e. The number of pyridine rings is 2. The number of hydrogen-bond acceptors (Lipinski definition) is 6. The summed E-state index contributed by atoms with van der Waals surface area (Å²) in [5.41, 5.74) is 2.91. The number of fused-ring (bicyclic) bond motifs is 2. The van der Waals surface area contributed by atoms with E-state index in [0.717, 1.165) is 41.4 Å². The molecule has 4 aromatic rings. The monoisotopic (exact) mass is 551 g/mol. The average molecular weight is 552 g/mol. The number of thioether (sulfide) groups is 1. The minimum absolute atomic E-state index is 0.125. The fraction of sp³-hybridized carbons (Fsp3) is 0.276. The van der Waals surface area contributed by atoms with E-state index in [1.807, 2.05) is 24.3 Å². The van der Waals surface area contributed by atoms with Crippen LogP contribution in [0.25, 0.3) is 22.0 Å². The molecular weight excluding hydrogens is 527 g/mol. The van der Waals surface area contributed by atoms with Crippen LogP contribution in [-0.4, -0.2) is 34.8 Å². The fourth-order valence-corrected chi connectivity index (χ4v) is 5.53. The second-order valence-electron chi connectivity index (χ2n) is 9.49. The van der Waals surface area contributed by atoms with Gasteiger partial charge >= 0.3 is 6.61 Å². The summed E-state index contributed by atoms with van der Waals surface area (Å²) >= 11 is 1.48. The molecule has 200 valence electrons. The van der Waals surface area contributed by atoms with Crippen molar-refractivity contribution in [2.45, 2.75) is 43.2 Å². The van der Waals surface area contributed by atoms with E-state index in [2.05, 4.69) is 20.0 Å². The summed E-state index contributed by atoms with van der Waals surface area (Å²) in [7, 11) is 0. The van der Waals surface area contributed by atoms with E-state index >= 15 is 0 Å². The van der Waals surface area contributed by atoms with Crippen molar-refractivity contribution < 1.29 is 27.4 Å². The number of carbonyl (C=O) groups is 1. The Morgan fingerprint density at radius 1 is 1.13 bits per heavy atom. The van der Waals surface area contributed by atoms with Gasteiger partial charge in [-0.05, 0) is 61.0 Å². The molecule has 1 amide bonds. The maximum absolute atomic E-state index is 14.6. The third-order valence-corrected chi connectivity index (χ3v) is 7.74. The SMILES string of the molecule is O=C(NCc1cc2cc(-c3ccc(OC(F)F)c(C4CC4)n3)ccc2cn1)c1cc(F)c2c(c1)SCCCO2. The maximum atomic E-state index is 14.6. The summed E-state index contributed by atoms with van der Waals surface area (Å²) in [5.74, 6) is 0.315. The smallest absolute Gasteiger partial charge is 0.387 e. The van der Waals surface area contributed by atoms with Crippen molar-refractivity contribution in [1.29, 1.82) is 0 Å². The first-order valence-corrected chi connectivity index (χ1v) is 13.7. The van der Waals surface area contributed by atoms with Gasteiger partial charge in [-0.2, -0.15) is 8.78 Å². The van der Waals surface area contributed by atoms with Crippen LogP contribution < -0.4 is 14.8 Å². The Morgan fingerprint density at radius 3 is 2.82 bits per heavy atom. The molecule has 0 radical (unpaired) electrons. The minimum Gasteiger partial charge on any atom is -0.489 e. The number of carbonyl (C=O) groups excluding carboxylic acids is 1. The van der Waals surface area contributed by atoms with Crippen molar-refractivity contribution in [2.75, 3.05) is 12.4 Å². The van der Waals surface area contributed by atoms with E-state index < -0.39 is 18.3 Å². The highest BCUT2D eigenvalue weighted by Crippen LogP contribution is 2.44. The molecule has 0 unspecified atom stereocenters. The van der Waals surface area contributed by atoms with E-state index in [0.29, 0.717) is 28.6 Å². The van der Waals surface area contributed by atoms with Crippen LogP contribution >= 0.6 is 11.8 Å². The topological polar surface area (TPSA) is 73.3 Å². The first-order valence-electron chi connectivity index (χ1n) is 12.7. The van der Waals surface area contributed by atoms with Crippen LogP contribution in [0.1, 0.15) is 46.9 Å². The zero-order valence-electron chi connectivity index (χ0n) is 20.8. The molecule has 10 heteroatoms. The van der Waals surface area contributed by atoms with Crippen LogP contribution in [0.2, 0.25) is 0 Å². The van der Waals surface area contributed by atoms with Gasteiger partial charge in [0, 0.05) is 34.4 Å². The second kappa shape index (κ2) is 10.8. The van der Waals surface area contributed by atoms with Crippen molar-refractivity contribution >= 4 is 28.4 Å². The van der Waals surface area contributed by atoms with Crippen molar-refractivity contribution in [1.82, 2.24) is 15.3 Å². The molecule has 1 fully saturated rings. The summed E-state index contributed by atoms with van der Waals surface area (Å²) in [6.45, 7) is -2.29. The molecule has 39 heavy (non-hydrogen) atoms. The van der Waals surface area contributed by atoms with Crippen molar-refractivity contribution in [3.8, 4) is 22.8 Å². The molecule has 0 bridgehead atoms. The van der Waals surface area contributed by atoms with Gasteiger partial charge in [0.2, 0.25) is 0 Å². The Labute approximate surface area is 226 Å². The van der Waals surface area contributed by atoms with Crippen LogP contribution in [0.3, 0.4) is 0 Å².